The van der Waals surface area contributed by atoms with Crippen LogP contribution in [0.4, 0.5) is 0 Å². The van der Waals surface area contributed by atoms with Crippen LogP contribution in [0.3, 0.4) is 0 Å². The molecule has 2 aromatic carbocycles. The molecule has 0 amide bonds. The Balaban J connectivity index is 2.28. The molecule has 0 saturated carbocycles. The summed E-state index contributed by atoms with van der Waals surface area (Å²) in [4.78, 5) is 0. The molecule has 0 aliphatic heterocycles. The molecule has 0 aliphatic carbocycles. The Kier molecular flexibility index (Phi) is 5.17. The lowest BCUT2D eigenvalue weighted by atomic mass is 10.1. The summed E-state index contributed by atoms with van der Waals surface area (Å²) in [5.74, 6) is 1.12. The Bertz CT molecular complexity index is 616. The van der Waals surface area contributed by atoms with Gasteiger partial charge in [0.25, 0.3) is 0 Å². The first-order valence-corrected chi connectivity index (χ1v) is 7.32. The van der Waals surface area contributed by atoms with E-state index in [1.165, 1.54) is 0 Å². The van der Waals surface area contributed by atoms with Gasteiger partial charge in [-0.05, 0) is 30.2 Å². The van der Waals surface area contributed by atoms with Crippen LogP contribution < -0.4 is 10.5 Å². The van der Waals surface area contributed by atoms with Crippen LogP contribution in [-0.4, -0.2) is 0 Å². The van der Waals surface area contributed by atoms with Crippen LogP contribution >= 0.6 is 34.8 Å². The van der Waals surface area contributed by atoms with Gasteiger partial charge in [0.1, 0.15) is 11.5 Å². The van der Waals surface area contributed by atoms with E-state index in [4.69, 9.17) is 45.3 Å². The molecule has 0 fully saturated rings. The van der Waals surface area contributed by atoms with Crippen LogP contribution in [-0.2, 0) is 0 Å². The minimum Gasteiger partial charge on any atom is -0.456 e. The molecule has 2 N–H and O–H groups in total. The highest BCUT2D eigenvalue weighted by atomic mass is 35.5. The second-order valence-electron chi connectivity index (χ2n) is 4.39. The number of nitrogens with two attached hydrogens (primary N) is 1. The number of benzene rings is 2. The maximum Gasteiger partial charge on any atom is 0.147 e. The Morgan fingerprint density at radius 3 is 2.45 bits per heavy atom. The first-order valence-electron chi connectivity index (χ1n) is 6.19. The average Bonchev–Trinajstić information content (AvgIpc) is 2.44. The standard InChI is InChI=1S/C15H14Cl3NO/c1-2-14(19)9-4-3-5-10(6-9)20-15-8-12(17)11(16)7-13(15)18/h3-8,14H,2,19H2,1H3. The molecule has 0 spiro atoms. The van der Waals surface area contributed by atoms with Crippen molar-refractivity contribution >= 4 is 34.8 Å². The van der Waals surface area contributed by atoms with Gasteiger partial charge in [0.2, 0.25) is 0 Å². The number of hydrogen-bond donors (Lipinski definition) is 1. The summed E-state index contributed by atoms with van der Waals surface area (Å²) in [6.45, 7) is 2.04. The summed E-state index contributed by atoms with van der Waals surface area (Å²) in [7, 11) is 0. The van der Waals surface area contributed by atoms with Gasteiger partial charge >= 0.3 is 0 Å². The lowest BCUT2D eigenvalue weighted by Crippen LogP contribution is -2.08. The van der Waals surface area contributed by atoms with Crippen molar-refractivity contribution in [1.82, 2.24) is 0 Å². The molecule has 2 rings (SSSR count). The van der Waals surface area contributed by atoms with E-state index in [9.17, 15) is 0 Å². The van der Waals surface area contributed by atoms with E-state index >= 15 is 0 Å². The van der Waals surface area contributed by atoms with Crippen LogP contribution in [0.1, 0.15) is 24.9 Å². The molecule has 20 heavy (non-hydrogen) atoms. The molecule has 0 radical (unpaired) electrons. The van der Waals surface area contributed by atoms with Gasteiger partial charge < -0.3 is 10.5 Å². The molecule has 5 heteroatoms. The first kappa shape index (κ1) is 15.5. The van der Waals surface area contributed by atoms with Crippen molar-refractivity contribution in [2.24, 2.45) is 5.73 Å². The van der Waals surface area contributed by atoms with Crippen LogP contribution in [0.25, 0.3) is 0 Å². The van der Waals surface area contributed by atoms with E-state index in [-0.39, 0.29) is 6.04 Å². The van der Waals surface area contributed by atoms with Crippen molar-refractivity contribution in [2.45, 2.75) is 19.4 Å². The fourth-order valence-corrected chi connectivity index (χ4v) is 2.33. The van der Waals surface area contributed by atoms with Crippen molar-refractivity contribution in [3.05, 3.63) is 57.0 Å². The molecular weight excluding hydrogens is 317 g/mol. The number of ether oxygens (including phenoxy) is 1. The molecule has 0 saturated heterocycles. The van der Waals surface area contributed by atoms with Gasteiger partial charge in [-0.2, -0.15) is 0 Å². The topological polar surface area (TPSA) is 35.2 Å². The summed E-state index contributed by atoms with van der Waals surface area (Å²) >= 11 is 17.9. The van der Waals surface area contributed by atoms with Crippen molar-refractivity contribution in [1.29, 1.82) is 0 Å². The highest BCUT2D eigenvalue weighted by molar-refractivity contribution is 6.43. The Hall–Kier alpha value is -0.930. The highest BCUT2D eigenvalue weighted by Gasteiger charge is 2.10. The van der Waals surface area contributed by atoms with Crippen molar-refractivity contribution in [3.8, 4) is 11.5 Å². The zero-order chi connectivity index (χ0) is 14.7. The largest absolute Gasteiger partial charge is 0.456 e. The number of rotatable bonds is 4. The third-order valence-corrected chi connectivity index (χ3v) is 3.95. The zero-order valence-corrected chi connectivity index (χ0v) is 13.1. The van der Waals surface area contributed by atoms with Gasteiger partial charge in [0, 0.05) is 12.1 Å². The van der Waals surface area contributed by atoms with Crippen LogP contribution in [0, 0.1) is 0 Å². The molecule has 1 atom stereocenters. The number of halogens is 3. The molecule has 0 aliphatic rings. The van der Waals surface area contributed by atoms with E-state index in [0.29, 0.717) is 26.6 Å². The molecular formula is C15H14Cl3NO. The Morgan fingerprint density at radius 2 is 1.75 bits per heavy atom. The molecule has 0 heterocycles. The minimum absolute atomic E-state index is 0.0113. The monoisotopic (exact) mass is 329 g/mol. The summed E-state index contributed by atoms with van der Waals surface area (Å²) < 4.78 is 5.75. The third kappa shape index (κ3) is 3.58. The fraction of sp³-hybridized carbons (Fsp3) is 0.200. The normalized spacial score (nSPS) is 12.2. The maximum atomic E-state index is 6.09. The first-order chi connectivity index (χ1) is 9.51. The molecule has 0 bridgehead atoms. The summed E-state index contributed by atoms with van der Waals surface area (Å²) in [6, 6.07) is 10.7. The molecule has 2 aromatic rings. The Labute approximate surface area is 133 Å². The second kappa shape index (κ2) is 6.68. The highest BCUT2D eigenvalue weighted by Crippen LogP contribution is 2.36. The second-order valence-corrected chi connectivity index (χ2v) is 5.61. The third-order valence-electron chi connectivity index (χ3n) is 2.93. The summed E-state index contributed by atoms with van der Waals surface area (Å²) in [5, 5.41) is 1.20. The molecule has 0 aromatic heterocycles. The van der Waals surface area contributed by atoms with Gasteiger partial charge in [-0.15, -0.1) is 0 Å². The zero-order valence-electron chi connectivity index (χ0n) is 10.9. The smallest absolute Gasteiger partial charge is 0.147 e. The van der Waals surface area contributed by atoms with E-state index in [1.807, 2.05) is 31.2 Å². The van der Waals surface area contributed by atoms with E-state index in [2.05, 4.69) is 0 Å². The quantitative estimate of drug-likeness (QED) is 0.714. The van der Waals surface area contributed by atoms with Crippen molar-refractivity contribution < 1.29 is 4.74 Å². The lowest BCUT2D eigenvalue weighted by Gasteiger charge is -2.13. The van der Waals surface area contributed by atoms with Gasteiger partial charge in [-0.1, -0.05) is 53.9 Å². The predicted molar refractivity (Wildman–Crippen MR) is 85.2 cm³/mol. The minimum atomic E-state index is -0.0113. The van der Waals surface area contributed by atoms with E-state index in [1.54, 1.807) is 12.1 Å². The van der Waals surface area contributed by atoms with Crippen molar-refractivity contribution in [3.63, 3.8) is 0 Å². The van der Waals surface area contributed by atoms with E-state index in [0.717, 1.165) is 12.0 Å². The lowest BCUT2D eigenvalue weighted by molar-refractivity contribution is 0.481. The predicted octanol–water partition coefficient (Wildman–Crippen LogP) is 5.85. The molecule has 2 nitrogen and oxygen atoms in total. The SMILES string of the molecule is CCC(N)c1cccc(Oc2cc(Cl)c(Cl)cc2Cl)c1. The average molecular weight is 331 g/mol. The van der Waals surface area contributed by atoms with Crippen LogP contribution in [0.5, 0.6) is 11.5 Å². The van der Waals surface area contributed by atoms with Gasteiger partial charge in [-0.25, -0.2) is 0 Å². The fourth-order valence-electron chi connectivity index (χ4n) is 1.75. The Morgan fingerprint density at radius 1 is 1.05 bits per heavy atom. The van der Waals surface area contributed by atoms with E-state index < -0.39 is 0 Å². The molecule has 1 unspecified atom stereocenters. The van der Waals surface area contributed by atoms with Gasteiger partial charge in [0.15, 0.2) is 0 Å². The van der Waals surface area contributed by atoms with Gasteiger partial charge in [-0.3, -0.25) is 0 Å². The van der Waals surface area contributed by atoms with Crippen molar-refractivity contribution in [2.75, 3.05) is 0 Å². The van der Waals surface area contributed by atoms with Crippen LogP contribution in [0.2, 0.25) is 15.1 Å². The summed E-state index contributed by atoms with van der Waals surface area (Å²) in [6.07, 6.45) is 0.858. The van der Waals surface area contributed by atoms with Gasteiger partial charge in [0.05, 0.1) is 15.1 Å². The maximum absolute atomic E-state index is 6.09. The summed E-state index contributed by atoms with van der Waals surface area (Å²) in [5.41, 5.74) is 7.03. The number of hydrogen-bond acceptors (Lipinski definition) is 2. The molecule has 106 valence electrons. The van der Waals surface area contributed by atoms with Crippen LogP contribution in [0.15, 0.2) is 36.4 Å².